The van der Waals surface area contributed by atoms with E-state index in [2.05, 4.69) is 26.8 Å². The van der Waals surface area contributed by atoms with Crippen molar-refractivity contribution in [2.45, 2.75) is 71.2 Å². The van der Waals surface area contributed by atoms with Gasteiger partial charge in [-0.05, 0) is 54.6 Å². The fourth-order valence-corrected chi connectivity index (χ4v) is 5.57. The first-order chi connectivity index (χ1) is 11.6. The summed E-state index contributed by atoms with van der Waals surface area (Å²) >= 11 is 0. The number of hydrogen-bond acceptors (Lipinski definition) is 4. The average molecular weight is 350 g/mol. The van der Waals surface area contributed by atoms with Crippen LogP contribution in [0, 0.1) is 23.2 Å². The Kier molecular flexibility index (Phi) is 4.95. The molecule has 0 radical (unpaired) electrons. The van der Waals surface area contributed by atoms with Gasteiger partial charge in [-0.15, -0.1) is 0 Å². The Morgan fingerprint density at radius 2 is 1.96 bits per heavy atom. The van der Waals surface area contributed by atoms with E-state index in [0.29, 0.717) is 12.3 Å². The van der Waals surface area contributed by atoms with Crippen molar-refractivity contribution < 1.29 is 20.1 Å². The van der Waals surface area contributed by atoms with Gasteiger partial charge in [0.2, 0.25) is 0 Å². The fraction of sp³-hybridized carbons (Fsp3) is 0.810. The van der Waals surface area contributed by atoms with Crippen LogP contribution in [0.25, 0.3) is 0 Å². The SMILES string of the molecule is COC[C@@]1(O)CC[C@@H]2C1=C[C@@]1(C)CCC(C(C)C)=C1[C@@H](O)[C@H](O)[C@@H]2C. The van der Waals surface area contributed by atoms with Gasteiger partial charge in [0.15, 0.2) is 0 Å². The second kappa shape index (κ2) is 6.49. The Balaban J connectivity index is 2.18. The Labute approximate surface area is 151 Å². The number of hydrogen-bond donors (Lipinski definition) is 3. The lowest BCUT2D eigenvalue weighted by molar-refractivity contribution is -0.0213. The van der Waals surface area contributed by atoms with E-state index in [1.54, 1.807) is 7.11 Å². The molecule has 0 aromatic rings. The smallest absolute Gasteiger partial charge is 0.109 e. The van der Waals surface area contributed by atoms with Gasteiger partial charge < -0.3 is 20.1 Å². The molecular formula is C21H34O4. The van der Waals surface area contributed by atoms with Gasteiger partial charge in [-0.3, -0.25) is 0 Å². The summed E-state index contributed by atoms with van der Waals surface area (Å²) in [5, 5.41) is 33.2. The number of allylic oxidation sites excluding steroid dienone is 2. The minimum Gasteiger partial charge on any atom is -0.390 e. The third-order valence-electron chi connectivity index (χ3n) is 7.03. The summed E-state index contributed by atoms with van der Waals surface area (Å²) in [7, 11) is 1.62. The number of aliphatic hydroxyl groups excluding tert-OH is 2. The lowest BCUT2D eigenvalue weighted by Crippen LogP contribution is -2.44. The van der Waals surface area contributed by atoms with Crippen LogP contribution < -0.4 is 0 Å². The van der Waals surface area contributed by atoms with E-state index in [4.69, 9.17) is 4.74 Å². The van der Waals surface area contributed by atoms with E-state index >= 15 is 0 Å². The molecule has 1 fully saturated rings. The Bertz CT molecular complexity index is 593. The van der Waals surface area contributed by atoms with Crippen LogP contribution in [-0.4, -0.2) is 46.8 Å². The van der Waals surface area contributed by atoms with Gasteiger partial charge in [-0.2, -0.15) is 0 Å². The van der Waals surface area contributed by atoms with Crippen molar-refractivity contribution in [2.75, 3.05) is 13.7 Å². The monoisotopic (exact) mass is 350 g/mol. The summed E-state index contributed by atoms with van der Waals surface area (Å²) in [5.41, 5.74) is 2.01. The van der Waals surface area contributed by atoms with E-state index in [-0.39, 0.29) is 23.9 Å². The molecule has 0 amide bonds. The first kappa shape index (κ1) is 19.1. The maximum absolute atomic E-state index is 11.2. The van der Waals surface area contributed by atoms with E-state index in [9.17, 15) is 15.3 Å². The predicted molar refractivity (Wildman–Crippen MR) is 98.0 cm³/mol. The normalized spacial score (nSPS) is 44.4. The molecule has 0 spiro atoms. The quantitative estimate of drug-likeness (QED) is 0.685. The number of fused-ring (bicyclic) bond motifs is 2. The van der Waals surface area contributed by atoms with Crippen LogP contribution in [0.15, 0.2) is 22.8 Å². The molecule has 3 rings (SSSR count). The zero-order chi connectivity index (χ0) is 18.6. The molecule has 0 bridgehead atoms. The molecule has 0 unspecified atom stereocenters. The highest BCUT2D eigenvalue weighted by atomic mass is 16.5. The van der Waals surface area contributed by atoms with Crippen LogP contribution in [0.4, 0.5) is 0 Å². The molecular weight excluding hydrogens is 316 g/mol. The second-order valence-electron chi connectivity index (χ2n) is 9.02. The van der Waals surface area contributed by atoms with Crippen molar-refractivity contribution in [2.24, 2.45) is 23.2 Å². The van der Waals surface area contributed by atoms with Crippen LogP contribution >= 0.6 is 0 Å². The molecule has 0 saturated heterocycles. The molecule has 1 saturated carbocycles. The van der Waals surface area contributed by atoms with Crippen molar-refractivity contribution in [1.82, 2.24) is 0 Å². The van der Waals surface area contributed by atoms with Crippen LogP contribution in [0.2, 0.25) is 0 Å². The molecule has 3 aliphatic carbocycles. The first-order valence-electron chi connectivity index (χ1n) is 9.68. The Hall–Kier alpha value is -0.680. The molecule has 142 valence electrons. The van der Waals surface area contributed by atoms with Gasteiger partial charge >= 0.3 is 0 Å². The van der Waals surface area contributed by atoms with Gasteiger partial charge in [0.05, 0.1) is 12.7 Å². The van der Waals surface area contributed by atoms with Crippen molar-refractivity contribution in [3.63, 3.8) is 0 Å². The minimum absolute atomic E-state index is 0.0891. The number of rotatable bonds is 3. The molecule has 0 heterocycles. The highest BCUT2D eigenvalue weighted by Crippen LogP contribution is 2.55. The van der Waals surface area contributed by atoms with E-state index < -0.39 is 17.8 Å². The highest BCUT2D eigenvalue weighted by molar-refractivity contribution is 5.42. The summed E-state index contributed by atoms with van der Waals surface area (Å²) in [5.74, 6) is 0.341. The average Bonchev–Trinajstić information content (AvgIpc) is 3.04. The highest BCUT2D eigenvalue weighted by Gasteiger charge is 2.52. The summed E-state index contributed by atoms with van der Waals surface area (Å²) in [6, 6.07) is 0. The lowest BCUT2D eigenvalue weighted by Gasteiger charge is -2.41. The molecule has 25 heavy (non-hydrogen) atoms. The molecule has 0 aliphatic heterocycles. The number of methoxy groups -OCH3 is 1. The summed E-state index contributed by atoms with van der Waals surface area (Å²) < 4.78 is 5.32. The number of ether oxygens (including phenoxy) is 1. The topological polar surface area (TPSA) is 69.9 Å². The molecule has 4 nitrogen and oxygen atoms in total. The fourth-order valence-electron chi connectivity index (χ4n) is 5.57. The first-order valence-corrected chi connectivity index (χ1v) is 9.68. The predicted octanol–water partition coefficient (Wildman–Crippen LogP) is 2.82. The molecule has 0 aromatic carbocycles. The number of aliphatic hydroxyl groups is 3. The summed E-state index contributed by atoms with van der Waals surface area (Å²) in [6.45, 7) is 8.74. The maximum atomic E-state index is 11.2. The van der Waals surface area contributed by atoms with Crippen LogP contribution in [0.1, 0.15) is 53.4 Å². The third-order valence-corrected chi connectivity index (χ3v) is 7.03. The maximum Gasteiger partial charge on any atom is 0.109 e. The lowest BCUT2D eigenvalue weighted by atomic mass is 9.68. The largest absolute Gasteiger partial charge is 0.390 e. The van der Waals surface area contributed by atoms with Crippen molar-refractivity contribution in [1.29, 1.82) is 0 Å². The summed E-state index contributed by atoms with van der Waals surface area (Å²) in [4.78, 5) is 0. The van der Waals surface area contributed by atoms with Crippen LogP contribution in [-0.2, 0) is 4.74 Å². The molecule has 0 aromatic heterocycles. The van der Waals surface area contributed by atoms with Crippen LogP contribution in [0.5, 0.6) is 0 Å². The summed E-state index contributed by atoms with van der Waals surface area (Å²) in [6.07, 6.45) is 3.93. The van der Waals surface area contributed by atoms with Gasteiger partial charge in [-0.25, -0.2) is 0 Å². The zero-order valence-corrected chi connectivity index (χ0v) is 16.2. The van der Waals surface area contributed by atoms with Crippen molar-refractivity contribution in [3.8, 4) is 0 Å². The van der Waals surface area contributed by atoms with Crippen molar-refractivity contribution >= 4 is 0 Å². The Morgan fingerprint density at radius 1 is 1.28 bits per heavy atom. The van der Waals surface area contributed by atoms with E-state index in [1.807, 2.05) is 6.92 Å². The third kappa shape index (κ3) is 2.91. The zero-order valence-electron chi connectivity index (χ0n) is 16.2. The Morgan fingerprint density at radius 3 is 2.56 bits per heavy atom. The molecule has 3 N–H and O–H groups in total. The van der Waals surface area contributed by atoms with Gasteiger partial charge in [0.1, 0.15) is 11.7 Å². The molecule has 4 heteroatoms. The van der Waals surface area contributed by atoms with Gasteiger partial charge in [0.25, 0.3) is 0 Å². The second-order valence-corrected chi connectivity index (χ2v) is 9.02. The molecule has 3 aliphatic rings. The van der Waals surface area contributed by atoms with Gasteiger partial charge in [0, 0.05) is 12.5 Å². The van der Waals surface area contributed by atoms with Crippen molar-refractivity contribution in [3.05, 3.63) is 22.8 Å². The van der Waals surface area contributed by atoms with Gasteiger partial charge in [-0.1, -0.05) is 39.3 Å². The van der Waals surface area contributed by atoms with Crippen LogP contribution in [0.3, 0.4) is 0 Å². The van der Waals surface area contributed by atoms with E-state index in [0.717, 1.165) is 30.4 Å². The van der Waals surface area contributed by atoms with E-state index in [1.165, 1.54) is 5.57 Å². The minimum atomic E-state index is -0.954. The molecule has 6 atom stereocenters. The standard InChI is InChI=1S/C21H34O4/c1-12(2)14-6-8-20(4)10-16-15(7-9-21(16,24)11-25-5)13(3)18(22)19(23)17(14)20/h10,12-13,15,18-19,22-24H,6-9,11H2,1-5H3/t13-,15+,18-,19-,20-,21+/m1/s1.